The summed E-state index contributed by atoms with van der Waals surface area (Å²) in [5, 5.41) is 3.46. The monoisotopic (exact) mass is 254 g/mol. The molecule has 106 valence electrons. The molecule has 0 atom stereocenters. The van der Waals surface area contributed by atoms with Crippen molar-refractivity contribution in [1.29, 1.82) is 0 Å². The third-order valence-electron chi connectivity index (χ3n) is 4.81. The Balaban J connectivity index is 1.51. The molecule has 3 nitrogen and oxygen atoms in total. The van der Waals surface area contributed by atoms with Crippen molar-refractivity contribution in [2.24, 2.45) is 5.41 Å². The highest BCUT2D eigenvalue weighted by Gasteiger charge is 2.36. The fourth-order valence-electron chi connectivity index (χ4n) is 3.53. The van der Waals surface area contributed by atoms with Gasteiger partial charge in [0, 0.05) is 26.2 Å². The predicted octanol–water partition coefficient (Wildman–Crippen LogP) is 2.27. The molecule has 0 radical (unpaired) electrons. The number of likely N-dealkylation sites (tertiary alicyclic amines) is 1. The number of hydrogen-bond donors (Lipinski definition) is 1. The Morgan fingerprint density at radius 2 is 1.78 bits per heavy atom. The van der Waals surface area contributed by atoms with Crippen LogP contribution < -0.4 is 5.32 Å². The quantitative estimate of drug-likeness (QED) is 0.705. The van der Waals surface area contributed by atoms with Crippen LogP contribution in [0.3, 0.4) is 0 Å². The molecule has 0 aromatic carbocycles. The first-order valence-electron chi connectivity index (χ1n) is 7.85. The molecular weight excluding hydrogens is 224 g/mol. The molecule has 1 saturated carbocycles. The number of ether oxygens (including phenoxy) is 1. The average molecular weight is 254 g/mol. The maximum absolute atomic E-state index is 5.31. The van der Waals surface area contributed by atoms with Crippen molar-refractivity contribution in [3.05, 3.63) is 0 Å². The summed E-state index contributed by atoms with van der Waals surface area (Å²) in [7, 11) is 0. The lowest BCUT2D eigenvalue weighted by Gasteiger charge is -2.39. The van der Waals surface area contributed by atoms with Crippen LogP contribution in [0.15, 0.2) is 0 Å². The zero-order valence-electron chi connectivity index (χ0n) is 12.0. The van der Waals surface area contributed by atoms with E-state index in [1.54, 1.807) is 0 Å². The summed E-state index contributed by atoms with van der Waals surface area (Å²) >= 11 is 0. The van der Waals surface area contributed by atoms with Crippen molar-refractivity contribution in [3.8, 4) is 0 Å². The Hall–Kier alpha value is -0.120. The highest BCUT2D eigenvalue weighted by Crippen LogP contribution is 2.45. The van der Waals surface area contributed by atoms with E-state index in [4.69, 9.17) is 4.74 Å². The second kappa shape index (κ2) is 7.46. The number of nitrogens with one attached hydrogen (secondary N) is 1. The molecule has 1 heterocycles. The minimum Gasteiger partial charge on any atom is -0.380 e. The maximum atomic E-state index is 5.31. The van der Waals surface area contributed by atoms with Crippen molar-refractivity contribution in [2.75, 3.05) is 45.9 Å². The topological polar surface area (TPSA) is 24.5 Å². The van der Waals surface area contributed by atoms with E-state index >= 15 is 0 Å². The van der Waals surface area contributed by atoms with Crippen LogP contribution in [0.1, 0.15) is 45.4 Å². The van der Waals surface area contributed by atoms with Gasteiger partial charge in [-0.15, -0.1) is 0 Å². The fraction of sp³-hybridized carbons (Fsp3) is 1.00. The first-order chi connectivity index (χ1) is 8.85. The van der Waals surface area contributed by atoms with Crippen molar-refractivity contribution in [3.63, 3.8) is 0 Å². The molecule has 1 aliphatic heterocycles. The van der Waals surface area contributed by atoms with E-state index in [1.165, 1.54) is 58.2 Å². The van der Waals surface area contributed by atoms with Gasteiger partial charge in [-0.3, -0.25) is 0 Å². The molecule has 3 heteroatoms. The summed E-state index contributed by atoms with van der Waals surface area (Å²) in [6.07, 6.45) is 8.89. The van der Waals surface area contributed by atoms with Gasteiger partial charge < -0.3 is 15.0 Å². The molecular formula is C15H30N2O. The smallest absolute Gasteiger partial charge is 0.0590 e. The van der Waals surface area contributed by atoms with Crippen molar-refractivity contribution >= 4 is 0 Å². The van der Waals surface area contributed by atoms with E-state index in [0.29, 0.717) is 0 Å². The predicted molar refractivity (Wildman–Crippen MR) is 75.9 cm³/mol. The summed E-state index contributed by atoms with van der Waals surface area (Å²) in [6, 6.07) is 0. The molecule has 0 bridgehead atoms. The SMILES string of the molecule is CCOCCNCCN1CCC2(CCCC2)CC1. The summed E-state index contributed by atoms with van der Waals surface area (Å²) < 4.78 is 5.31. The molecule has 1 N–H and O–H groups in total. The summed E-state index contributed by atoms with van der Waals surface area (Å²) in [5.41, 5.74) is 0.763. The van der Waals surface area contributed by atoms with Gasteiger partial charge in [0.25, 0.3) is 0 Å². The van der Waals surface area contributed by atoms with Crippen LogP contribution in [0, 0.1) is 5.41 Å². The van der Waals surface area contributed by atoms with Crippen LogP contribution >= 0.6 is 0 Å². The molecule has 0 aromatic rings. The standard InChI is InChI=1S/C15H30N2O/c1-2-18-14-10-16-9-13-17-11-7-15(8-12-17)5-3-4-6-15/h16H,2-14H2,1H3. The third kappa shape index (κ3) is 4.22. The lowest BCUT2D eigenvalue weighted by atomic mass is 9.77. The first kappa shape index (κ1) is 14.3. The van der Waals surface area contributed by atoms with Crippen LogP contribution in [-0.4, -0.2) is 50.8 Å². The van der Waals surface area contributed by atoms with Gasteiger partial charge in [0.2, 0.25) is 0 Å². The second-order valence-electron chi connectivity index (χ2n) is 6.00. The van der Waals surface area contributed by atoms with Gasteiger partial charge in [-0.25, -0.2) is 0 Å². The number of hydrogen-bond acceptors (Lipinski definition) is 3. The molecule has 0 unspecified atom stereocenters. The van der Waals surface area contributed by atoms with Crippen LogP contribution in [0.25, 0.3) is 0 Å². The van der Waals surface area contributed by atoms with Crippen molar-refractivity contribution in [1.82, 2.24) is 10.2 Å². The van der Waals surface area contributed by atoms with Gasteiger partial charge >= 0.3 is 0 Å². The summed E-state index contributed by atoms with van der Waals surface area (Å²) in [4.78, 5) is 2.64. The van der Waals surface area contributed by atoms with Gasteiger partial charge in [-0.2, -0.15) is 0 Å². The maximum Gasteiger partial charge on any atom is 0.0590 e. The molecule has 1 saturated heterocycles. The van der Waals surface area contributed by atoms with E-state index in [1.807, 2.05) is 6.92 Å². The molecule has 18 heavy (non-hydrogen) atoms. The lowest BCUT2D eigenvalue weighted by Crippen LogP contribution is -2.42. The van der Waals surface area contributed by atoms with E-state index in [-0.39, 0.29) is 0 Å². The molecule has 1 aliphatic carbocycles. The van der Waals surface area contributed by atoms with Crippen molar-refractivity contribution in [2.45, 2.75) is 45.4 Å². The van der Waals surface area contributed by atoms with Crippen molar-refractivity contribution < 1.29 is 4.74 Å². The Morgan fingerprint density at radius 3 is 2.44 bits per heavy atom. The average Bonchev–Trinajstić information content (AvgIpc) is 2.85. The van der Waals surface area contributed by atoms with Gasteiger partial charge in [0.05, 0.1) is 6.61 Å². The highest BCUT2D eigenvalue weighted by molar-refractivity contribution is 4.89. The largest absolute Gasteiger partial charge is 0.380 e. The molecule has 0 aromatic heterocycles. The third-order valence-corrected chi connectivity index (χ3v) is 4.81. The van der Waals surface area contributed by atoms with Gasteiger partial charge in [-0.1, -0.05) is 12.8 Å². The Bertz CT molecular complexity index is 217. The second-order valence-corrected chi connectivity index (χ2v) is 6.00. The van der Waals surface area contributed by atoms with Crippen LogP contribution in [0.2, 0.25) is 0 Å². The molecule has 1 spiro atoms. The minimum absolute atomic E-state index is 0.763. The number of piperidine rings is 1. The molecule has 2 fully saturated rings. The molecule has 2 aliphatic rings. The van der Waals surface area contributed by atoms with Gasteiger partial charge in [-0.05, 0) is 51.1 Å². The zero-order chi connectivity index (χ0) is 12.7. The summed E-state index contributed by atoms with van der Waals surface area (Å²) in [6.45, 7) is 9.69. The first-order valence-corrected chi connectivity index (χ1v) is 7.85. The highest BCUT2D eigenvalue weighted by atomic mass is 16.5. The van der Waals surface area contributed by atoms with Gasteiger partial charge in [0.15, 0.2) is 0 Å². The van der Waals surface area contributed by atoms with E-state index < -0.39 is 0 Å². The minimum atomic E-state index is 0.763. The Morgan fingerprint density at radius 1 is 1.06 bits per heavy atom. The summed E-state index contributed by atoms with van der Waals surface area (Å²) in [5.74, 6) is 0. The van der Waals surface area contributed by atoms with Crippen LogP contribution in [-0.2, 0) is 4.74 Å². The van der Waals surface area contributed by atoms with Gasteiger partial charge in [0.1, 0.15) is 0 Å². The molecule has 2 rings (SSSR count). The molecule has 0 amide bonds. The number of nitrogens with zero attached hydrogens (tertiary/aromatic N) is 1. The van der Waals surface area contributed by atoms with Crippen LogP contribution in [0.5, 0.6) is 0 Å². The Kier molecular flexibility index (Phi) is 5.93. The fourth-order valence-corrected chi connectivity index (χ4v) is 3.53. The number of rotatable bonds is 7. The van der Waals surface area contributed by atoms with Crippen LogP contribution in [0.4, 0.5) is 0 Å². The Labute approximate surface area is 112 Å². The normalized spacial score (nSPS) is 23.8. The van der Waals surface area contributed by atoms with E-state index in [2.05, 4.69) is 10.2 Å². The van der Waals surface area contributed by atoms with E-state index in [0.717, 1.165) is 31.7 Å². The zero-order valence-corrected chi connectivity index (χ0v) is 12.0. The van der Waals surface area contributed by atoms with E-state index in [9.17, 15) is 0 Å². The lowest BCUT2D eigenvalue weighted by molar-refractivity contribution is 0.107.